The molecule has 2 N–H and O–H groups in total. The predicted octanol–water partition coefficient (Wildman–Crippen LogP) is 2.21. The zero-order valence-electron chi connectivity index (χ0n) is 12.0. The molecule has 0 saturated heterocycles. The van der Waals surface area contributed by atoms with Crippen LogP contribution in [0.4, 0.5) is 0 Å². The maximum absolute atomic E-state index is 12.6. The minimum atomic E-state index is -0.394. The SMILES string of the molecule is NC(Cc1ccccc1)C(=O)N(CC1CC1)CC1CC1. The summed E-state index contributed by atoms with van der Waals surface area (Å²) in [6, 6.07) is 9.68. The molecule has 0 bridgehead atoms. The third-order valence-corrected chi connectivity index (χ3v) is 4.28. The highest BCUT2D eigenvalue weighted by atomic mass is 16.2. The lowest BCUT2D eigenvalue weighted by Crippen LogP contribution is -2.46. The monoisotopic (exact) mass is 272 g/mol. The van der Waals surface area contributed by atoms with Gasteiger partial charge in [-0.1, -0.05) is 30.3 Å². The van der Waals surface area contributed by atoms with Crippen LogP contribution in [0.1, 0.15) is 31.2 Å². The van der Waals surface area contributed by atoms with E-state index in [9.17, 15) is 4.79 Å². The summed E-state index contributed by atoms with van der Waals surface area (Å²) in [4.78, 5) is 14.6. The summed E-state index contributed by atoms with van der Waals surface area (Å²) < 4.78 is 0. The Balaban J connectivity index is 1.58. The normalized spacial score (nSPS) is 19.6. The van der Waals surface area contributed by atoms with Crippen LogP contribution in [0.25, 0.3) is 0 Å². The van der Waals surface area contributed by atoms with Crippen molar-refractivity contribution in [3.05, 3.63) is 35.9 Å². The molecule has 2 saturated carbocycles. The number of benzene rings is 1. The maximum atomic E-state index is 12.6. The van der Waals surface area contributed by atoms with Gasteiger partial charge in [0, 0.05) is 13.1 Å². The van der Waals surface area contributed by atoms with E-state index in [1.807, 2.05) is 35.2 Å². The number of hydrogen-bond donors (Lipinski definition) is 1. The van der Waals surface area contributed by atoms with Crippen LogP contribution in [-0.2, 0) is 11.2 Å². The van der Waals surface area contributed by atoms with E-state index in [-0.39, 0.29) is 5.91 Å². The highest BCUT2D eigenvalue weighted by Gasteiger charge is 2.33. The van der Waals surface area contributed by atoms with Gasteiger partial charge in [0.25, 0.3) is 0 Å². The topological polar surface area (TPSA) is 46.3 Å². The molecule has 3 nitrogen and oxygen atoms in total. The summed E-state index contributed by atoms with van der Waals surface area (Å²) in [6.45, 7) is 1.86. The second-order valence-electron chi connectivity index (χ2n) is 6.43. The first kappa shape index (κ1) is 13.6. The summed E-state index contributed by atoms with van der Waals surface area (Å²) in [7, 11) is 0. The van der Waals surface area contributed by atoms with Crippen molar-refractivity contribution in [2.45, 2.75) is 38.1 Å². The van der Waals surface area contributed by atoms with Gasteiger partial charge in [-0.15, -0.1) is 0 Å². The molecule has 2 fully saturated rings. The molecule has 2 aliphatic rings. The Labute approximate surface area is 121 Å². The van der Waals surface area contributed by atoms with E-state index in [1.165, 1.54) is 25.7 Å². The van der Waals surface area contributed by atoms with Crippen molar-refractivity contribution in [2.24, 2.45) is 17.6 Å². The van der Waals surface area contributed by atoms with Crippen LogP contribution in [0.5, 0.6) is 0 Å². The lowest BCUT2D eigenvalue weighted by atomic mass is 10.1. The number of amides is 1. The van der Waals surface area contributed by atoms with Crippen molar-refractivity contribution >= 4 is 5.91 Å². The van der Waals surface area contributed by atoms with Crippen LogP contribution in [-0.4, -0.2) is 29.9 Å². The van der Waals surface area contributed by atoms with Gasteiger partial charge in [-0.2, -0.15) is 0 Å². The molecule has 20 heavy (non-hydrogen) atoms. The molecule has 1 unspecified atom stereocenters. The average molecular weight is 272 g/mol. The van der Waals surface area contributed by atoms with E-state index in [4.69, 9.17) is 5.73 Å². The molecule has 3 rings (SSSR count). The molecule has 2 aliphatic carbocycles. The Morgan fingerprint density at radius 2 is 1.65 bits per heavy atom. The molecule has 0 aromatic heterocycles. The van der Waals surface area contributed by atoms with Crippen LogP contribution in [0.2, 0.25) is 0 Å². The molecule has 0 spiro atoms. The van der Waals surface area contributed by atoms with Gasteiger partial charge in [-0.3, -0.25) is 4.79 Å². The number of carbonyl (C=O) groups excluding carboxylic acids is 1. The number of rotatable bonds is 7. The van der Waals surface area contributed by atoms with Gasteiger partial charge in [0.15, 0.2) is 0 Å². The summed E-state index contributed by atoms with van der Waals surface area (Å²) in [5, 5.41) is 0. The highest BCUT2D eigenvalue weighted by molar-refractivity contribution is 5.82. The van der Waals surface area contributed by atoms with Crippen LogP contribution >= 0.6 is 0 Å². The second-order valence-corrected chi connectivity index (χ2v) is 6.43. The zero-order chi connectivity index (χ0) is 13.9. The van der Waals surface area contributed by atoms with E-state index >= 15 is 0 Å². The van der Waals surface area contributed by atoms with Gasteiger partial charge in [0.2, 0.25) is 5.91 Å². The molecule has 1 amide bonds. The molecule has 0 heterocycles. The van der Waals surface area contributed by atoms with Crippen LogP contribution in [0.3, 0.4) is 0 Å². The van der Waals surface area contributed by atoms with Crippen molar-refractivity contribution in [1.29, 1.82) is 0 Å². The minimum absolute atomic E-state index is 0.146. The fourth-order valence-corrected chi connectivity index (χ4v) is 2.67. The Bertz CT molecular complexity index is 437. The largest absolute Gasteiger partial charge is 0.341 e. The zero-order valence-corrected chi connectivity index (χ0v) is 12.0. The quantitative estimate of drug-likeness (QED) is 0.827. The Hall–Kier alpha value is -1.35. The number of hydrogen-bond acceptors (Lipinski definition) is 2. The van der Waals surface area contributed by atoms with E-state index in [2.05, 4.69) is 0 Å². The van der Waals surface area contributed by atoms with Crippen molar-refractivity contribution in [1.82, 2.24) is 4.90 Å². The first-order valence-corrected chi connectivity index (χ1v) is 7.80. The highest BCUT2D eigenvalue weighted by Crippen LogP contribution is 2.33. The molecule has 1 atom stereocenters. The van der Waals surface area contributed by atoms with Crippen molar-refractivity contribution < 1.29 is 4.79 Å². The Kier molecular flexibility index (Phi) is 4.06. The Morgan fingerprint density at radius 3 is 2.15 bits per heavy atom. The average Bonchev–Trinajstić information content (AvgIpc) is 3.33. The fourth-order valence-electron chi connectivity index (χ4n) is 2.67. The predicted molar refractivity (Wildman–Crippen MR) is 80.1 cm³/mol. The maximum Gasteiger partial charge on any atom is 0.239 e. The standard InChI is InChI=1S/C17H24N2O/c18-16(10-13-4-2-1-3-5-13)17(20)19(11-14-6-7-14)12-15-8-9-15/h1-5,14-16H,6-12,18H2. The van der Waals surface area contributed by atoms with Gasteiger partial charge in [0.05, 0.1) is 6.04 Å². The summed E-state index contributed by atoms with van der Waals surface area (Å²) in [6.07, 6.45) is 5.76. The lowest BCUT2D eigenvalue weighted by Gasteiger charge is -2.26. The second kappa shape index (κ2) is 5.96. The number of nitrogens with two attached hydrogens (primary N) is 1. The van der Waals surface area contributed by atoms with E-state index in [0.29, 0.717) is 6.42 Å². The number of carbonyl (C=O) groups is 1. The van der Waals surface area contributed by atoms with Gasteiger partial charge in [-0.25, -0.2) is 0 Å². The van der Waals surface area contributed by atoms with Crippen LogP contribution < -0.4 is 5.73 Å². The fraction of sp³-hybridized carbons (Fsp3) is 0.588. The van der Waals surface area contributed by atoms with Gasteiger partial charge in [0.1, 0.15) is 0 Å². The van der Waals surface area contributed by atoms with Gasteiger partial charge in [-0.05, 0) is 49.5 Å². The molecule has 0 aliphatic heterocycles. The van der Waals surface area contributed by atoms with E-state index in [0.717, 1.165) is 30.5 Å². The minimum Gasteiger partial charge on any atom is -0.341 e. The first-order valence-electron chi connectivity index (χ1n) is 7.80. The van der Waals surface area contributed by atoms with E-state index < -0.39 is 6.04 Å². The third-order valence-electron chi connectivity index (χ3n) is 4.28. The van der Waals surface area contributed by atoms with Crippen LogP contribution in [0.15, 0.2) is 30.3 Å². The Morgan fingerprint density at radius 1 is 1.10 bits per heavy atom. The molecule has 108 valence electrons. The van der Waals surface area contributed by atoms with Crippen molar-refractivity contribution in [3.8, 4) is 0 Å². The smallest absolute Gasteiger partial charge is 0.239 e. The van der Waals surface area contributed by atoms with E-state index in [1.54, 1.807) is 0 Å². The molecular weight excluding hydrogens is 248 g/mol. The molecule has 0 radical (unpaired) electrons. The lowest BCUT2D eigenvalue weighted by molar-refractivity contribution is -0.133. The summed E-state index contributed by atoms with van der Waals surface area (Å²) in [5.41, 5.74) is 7.30. The third kappa shape index (κ3) is 3.83. The molecular formula is C17H24N2O. The summed E-state index contributed by atoms with van der Waals surface area (Å²) in [5.74, 6) is 1.62. The van der Waals surface area contributed by atoms with Crippen molar-refractivity contribution in [2.75, 3.05) is 13.1 Å². The van der Waals surface area contributed by atoms with Gasteiger partial charge < -0.3 is 10.6 Å². The summed E-state index contributed by atoms with van der Waals surface area (Å²) >= 11 is 0. The molecule has 3 heteroatoms. The molecule has 1 aromatic rings. The number of nitrogens with zero attached hydrogens (tertiary/aromatic N) is 1. The first-order chi connectivity index (χ1) is 9.72. The molecule has 1 aromatic carbocycles. The van der Waals surface area contributed by atoms with Crippen molar-refractivity contribution in [3.63, 3.8) is 0 Å². The van der Waals surface area contributed by atoms with Gasteiger partial charge >= 0.3 is 0 Å². The van der Waals surface area contributed by atoms with Crippen LogP contribution in [0, 0.1) is 11.8 Å².